The Morgan fingerprint density at radius 3 is 2.58 bits per heavy atom. The molecule has 138 valence electrons. The van der Waals surface area contributed by atoms with Crippen LogP contribution in [0, 0.1) is 12.8 Å². The van der Waals surface area contributed by atoms with Crippen molar-refractivity contribution in [2.75, 3.05) is 43.2 Å². The van der Waals surface area contributed by atoms with Crippen LogP contribution in [0.15, 0.2) is 30.5 Å². The zero-order chi connectivity index (χ0) is 18.7. The Bertz CT molecular complexity index is 785. The summed E-state index contributed by atoms with van der Waals surface area (Å²) in [5.74, 6) is 0.631. The lowest BCUT2D eigenvalue weighted by Crippen LogP contribution is -2.37. The lowest BCUT2D eigenvalue weighted by atomic mass is 10.0. The van der Waals surface area contributed by atoms with Gasteiger partial charge in [-0.15, -0.1) is 0 Å². The van der Waals surface area contributed by atoms with Crippen LogP contribution < -0.4 is 9.80 Å². The van der Waals surface area contributed by atoms with E-state index in [9.17, 15) is 4.79 Å². The van der Waals surface area contributed by atoms with Crippen LogP contribution in [0.5, 0.6) is 0 Å². The minimum absolute atomic E-state index is 0.0440. The Morgan fingerprint density at radius 2 is 1.92 bits per heavy atom. The number of carbonyl (C=O) groups excluding carboxylic acids is 1. The highest BCUT2D eigenvalue weighted by molar-refractivity contribution is 5.97. The first kappa shape index (κ1) is 18.3. The third-order valence-electron chi connectivity index (χ3n) is 4.64. The van der Waals surface area contributed by atoms with E-state index < -0.39 is 0 Å². The molecule has 0 saturated carbocycles. The van der Waals surface area contributed by atoms with E-state index in [0.717, 1.165) is 35.6 Å². The number of anilines is 2. The van der Waals surface area contributed by atoms with E-state index in [0.29, 0.717) is 19.2 Å². The summed E-state index contributed by atoms with van der Waals surface area (Å²) in [4.78, 5) is 25.7. The highest BCUT2D eigenvalue weighted by Crippen LogP contribution is 2.32. The normalized spacial score (nSPS) is 14.6. The van der Waals surface area contributed by atoms with Gasteiger partial charge in [-0.25, -0.2) is 9.97 Å². The van der Waals surface area contributed by atoms with Crippen LogP contribution >= 0.6 is 0 Å². The molecule has 2 aromatic rings. The summed E-state index contributed by atoms with van der Waals surface area (Å²) in [6, 6.07) is 8.09. The first-order chi connectivity index (χ1) is 12.5. The van der Waals surface area contributed by atoms with Crippen LogP contribution in [-0.4, -0.2) is 49.2 Å². The molecule has 0 atom stereocenters. The molecular weight excluding hydrogens is 328 g/mol. The van der Waals surface area contributed by atoms with Gasteiger partial charge in [0.25, 0.3) is 0 Å². The van der Waals surface area contributed by atoms with Crippen LogP contribution in [0.2, 0.25) is 0 Å². The van der Waals surface area contributed by atoms with Gasteiger partial charge in [0.05, 0.1) is 30.8 Å². The number of benzene rings is 1. The molecule has 26 heavy (non-hydrogen) atoms. The minimum atomic E-state index is -0.0939. The highest BCUT2D eigenvalue weighted by atomic mass is 16.5. The molecule has 0 radical (unpaired) electrons. The molecule has 0 spiro atoms. The van der Waals surface area contributed by atoms with Gasteiger partial charge in [0.15, 0.2) is 0 Å². The maximum Gasteiger partial charge on any atom is 0.229 e. The molecule has 6 heteroatoms. The largest absolute Gasteiger partial charge is 0.378 e. The van der Waals surface area contributed by atoms with Gasteiger partial charge in [-0.05, 0) is 12.5 Å². The smallest absolute Gasteiger partial charge is 0.229 e. The summed E-state index contributed by atoms with van der Waals surface area (Å²) >= 11 is 0. The molecule has 6 nitrogen and oxygen atoms in total. The number of hydrogen-bond acceptors (Lipinski definition) is 5. The van der Waals surface area contributed by atoms with Crippen LogP contribution in [-0.2, 0) is 9.53 Å². The van der Waals surface area contributed by atoms with E-state index in [1.807, 2.05) is 32.0 Å². The lowest BCUT2D eigenvalue weighted by Gasteiger charge is -2.28. The average Bonchev–Trinajstić information content (AvgIpc) is 2.67. The predicted octanol–water partition coefficient (Wildman–Crippen LogP) is 2.91. The summed E-state index contributed by atoms with van der Waals surface area (Å²) < 4.78 is 5.42. The van der Waals surface area contributed by atoms with E-state index in [2.05, 4.69) is 22.9 Å². The molecule has 1 aromatic carbocycles. The molecule has 1 saturated heterocycles. The molecule has 2 heterocycles. The number of morpholine rings is 1. The van der Waals surface area contributed by atoms with E-state index in [4.69, 9.17) is 9.72 Å². The molecular formula is C20H26N4O2. The number of aryl methyl sites for hydroxylation is 1. The van der Waals surface area contributed by atoms with Crippen molar-refractivity contribution in [3.63, 3.8) is 0 Å². The van der Waals surface area contributed by atoms with Crippen LogP contribution in [0.4, 0.5) is 11.6 Å². The molecule has 1 aliphatic rings. The van der Waals surface area contributed by atoms with Gasteiger partial charge in [0.2, 0.25) is 11.9 Å². The molecule has 1 aliphatic heterocycles. The van der Waals surface area contributed by atoms with Crippen LogP contribution in [0.25, 0.3) is 11.3 Å². The van der Waals surface area contributed by atoms with Crippen molar-refractivity contribution in [1.82, 2.24) is 9.97 Å². The van der Waals surface area contributed by atoms with Gasteiger partial charge in [-0.1, -0.05) is 38.1 Å². The summed E-state index contributed by atoms with van der Waals surface area (Å²) in [5, 5.41) is 0. The molecule has 0 aliphatic carbocycles. The van der Waals surface area contributed by atoms with Gasteiger partial charge in [-0.3, -0.25) is 4.79 Å². The maximum atomic E-state index is 12.5. The van der Waals surface area contributed by atoms with Gasteiger partial charge < -0.3 is 14.5 Å². The Morgan fingerprint density at radius 1 is 1.23 bits per heavy atom. The monoisotopic (exact) mass is 354 g/mol. The fraction of sp³-hybridized carbons (Fsp3) is 0.450. The standard InChI is InChI=1S/C20H26N4O2/c1-14(2)19(25)23(4)17-13-21-20(24-9-11-26-12-10-24)22-18(17)16-8-6-5-7-15(16)3/h5-8,13-14H,9-12H2,1-4H3. The van der Waals surface area contributed by atoms with Crippen molar-refractivity contribution in [2.24, 2.45) is 5.92 Å². The molecule has 0 unspecified atom stereocenters. The second-order valence-corrected chi connectivity index (χ2v) is 6.87. The van der Waals surface area contributed by atoms with Crippen LogP contribution in [0.3, 0.4) is 0 Å². The van der Waals surface area contributed by atoms with Crippen molar-refractivity contribution in [3.05, 3.63) is 36.0 Å². The molecule has 1 amide bonds. The van der Waals surface area contributed by atoms with Crippen molar-refractivity contribution in [2.45, 2.75) is 20.8 Å². The second-order valence-electron chi connectivity index (χ2n) is 6.87. The quantitative estimate of drug-likeness (QED) is 0.845. The number of amides is 1. The second kappa shape index (κ2) is 7.83. The van der Waals surface area contributed by atoms with Gasteiger partial charge in [0, 0.05) is 31.6 Å². The molecule has 0 bridgehead atoms. The van der Waals surface area contributed by atoms with E-state index in [1.165, 1.54) is 0 Å². The van der Waals surface area contributed by atoms with Gasteiger partial charge in [0.1, 0.15) is 0 Å². The first-order valence-electron chi connectivity index (χ1n) is 9.02. The lowest BCUT2D eigenvalue weighted by molar-refractivity contribution is -0.121. The summed E-state index contributed by atoms with van der Waals surface area (Å²) in [5.41, 5.74) is 3.65. The fourth-order valence-corrected chi connectivity index (χ4v) is 3.07. The predicted molar refractivity (Wildman–Crippen MR) is 103 cm³/mol. The Labute approximate surface area is 154 Å². The molecule has 3 rings (SSSR count). The number of aromatic nitrogens is 2. The zero-order valence-corrected chi connectivity index (χ0v) is 15.9. The van der Waals surface area contributed by atoms with E-state index in [1.54, 1.807) is 18.1 Å². The number of rotatable bonds is 4. The third kappa shape index (κ3) is 3.70. The van der Waals surface area contributed by atoms with Crippen molar-refractivity contribution in [1.29, 1.82) is 0 Å². The first-order valence-corrected chi connectivity index (χ1v) is 9.02. The van der Waals surface area contributed by atoms with Crippen LogP contribution in [0.1, 0.15) is 19.4 Å². The Hall–Kier alpha value is -2.47. The van der Waals surface area contributed by atoms with Gasteiger partial charge >= 0.3 is 0 Å². The summed E-state index contributed by atoms with van der Waals surface area (Å²) in [7, 11) is 1.79. The van der Waals surface area contributed by atoms with Crippen molar-refractivity contribution >= 4 is 17.5 Å². The summed E-state index contributed by atoms with van der Waals surface area (Å²) in [6.07, 6.45) is 1.76. The van der Waals surface area contributed by atoms with Crippen molar-refractivity contribution < 1.29 is 9.53 Å². The molecule has 1 fully saturated rings. The Balaban J connectivity index is 2.09. The number of nitrogens with zero attached hydrogens (tertiary/aromatic N) is 4. The molecule has 1 aromatic heterocycles. The molecule has 0 N–H and O–H groups in total. The SMILES string of the molecule is Cc1ccccc1-c1nc(N2CCOCC2)ncc1N(C)C(=O)C(C)C. The fourth-order valence-electron chi connectivity index (χ4n) is 3.07. The summed E-state index contributed by atoms with van der Waals surface area (Å²) in [6.45, 7) is 8.75. The average molecular weight is 354 g/mol. The minimum Gasteiger partial charge on any atom is -0.378 e. The number of carbonyl (C=O) groups is 1. The number of hydrogen-bond donors (Lipinski definition) is 0. The van der Waals surface area contributed by atoms with Gasteiger partial charge in [-0.2, -0.15) is 0 Å². The zero-order valence-electron chi connectivity index (χ0n) is 15.9. The maximum absolute atomic E-state index is 12.5. The highest BCUT2D eigenvalue weighted by Gasteiger charge is 2.23. The van der Waals surface area contributed by atoms with Crippen molar-refractivity contribution in [3.8, 4) is 11.3 Å². The third-order valence-corrected chi connectivity index (χ3v) is 4.64. The number of ether oxygens (including phenoxy) is 1. The van der Waals surface area contributed by atoms with E-state index >= 15 is 0 Å². The topological polar surface area (TPSA) is 58.6 Å². The van der Waals surface area contributed by atoms with E-state index in [-0.39, 0.29) is 11.8 Å². The Kier molecular flexibility index (Phi) is 5.52.